The lowest BCUT2D eigenvalue weighted by Gasteiger charge is -2.15. The number of amides is 1. The molecule has 33 heavy (non-hydrogen) atoms. The molecule has 180 valence electrons. The summed E-state index contributed by atoms with van der Waals surface area (Å²) in [6.45, 7) is 5.89. The van der Waals surface area contributed by atoms with Gasteiger partial charge in [0.2, 0.25) is 5.91 Å². The van der Waals surface area contributed by atoms with Gasteiger partial charge in [0.25, 0.3) is 0 Å². The molecule has 6 nitrogen and oxygen atoms in total. The average molecular weight is 565 g/mol. The van der Waals surface area contributed by atoms with Crippen LogP contribution in [0.5, 0.6) is 5.75 Å². The molecule has 0 unspecified atom stereocenters. The van der Waals surface area contributed by atoms with Crippen molar-refractivity contribution in [3.8, 4) is 5.75 Å². The maximum absolute atomic E-state index is 12.5. The van der Waals surface area contributed by atoms with Gasteiger partial charge in [-0.1, -0.05) is 36.4 Å². The Hall–Kier alpha value is -2.29. The highest BCUT2D eigenvalue weighted by Crippen LogP contribution is 2.22. The first-order chi connectivity index (χ1) is 15.7. The normalized spacial score (nSPS) is 12.7. The van der Waals surface area contributed by atoms with E-state index >= 15 is 0 Å². The molecule has 0 bridgehead atoms. The van der Waals surface area contributed by atoms with Crippen LogP contribution in [0.15, 0.2) is 53.5 Å². The Morgan fingerprint density at radius 3 is 2.33 bits per heavy atom. The Bertz CT molecular complexity index is 861. The van der Waals surface area contributed by atoms with E-state index in [9.17, 15) is 4.79 Å². The molecule has 0 saturated carbocycles. The molecule has 0 fully saturated rings. The number of guanidine groups is 1. The van der Waals surface area contributed by atoms with Gasteiger partial charge in [-0.15, -0.1) is 24.0 Å². The highest BCUT2D eigenvalue weighted by atomic mass is 127. The number of nitrogens with zero attached hydrogens (tertiary/aromatic N) is 2. The molecule has 1 aliphatic rings. The number of benzene rings is 2. The highest BCUT2D eigenvalue weighted by molar-refractivity contribution is 14.0. The number of fused-ring (bicyclic) bond motifs is 1. The summed E-state index contributed by atoms with van der Waals surface area (Å²) in [7, 11) is 1.69. The number of nitrogens with one attached hydrogen (secondary N) is 2. The van der Waals surface area contributed by atoms with Gasteiger partial charge in [-0.05, 0) is 61.4 Å². The van der Waals surface area contributed by atoms with E-state index in [0.29, 0.717) is 13.0 Å². The summed E-state index contributed by atoms with van der Waals surface area (Å²) in [5, 5.41) is 6.69. The monoisotopic (exact) mass is 564 g/mol. The first-order valence-electron chi connectivity index (χ1n) is 11.7. The number of methoxy groups -OCH3 is 1. The van der Waals surface area contributed by atoms with Gasteiger partial charge >= 0.3 is 0 Å². The van der Waals surface area contributed by atoms with E-state index in [1.54, 1.807) is 7.11 Å². The van der Waals surface area contributed by atoms with Crippen molar-refractivity contribution < 1.29 is 9.53 Å². The predicted molar refractivity (Wildman–Crippen MR) is 145 cm³/mol. The first-order valence-corrected chi connectivity index (χ1v) is 11.7. The Morgan fingerprint density at radius 1 is 1.00 bits per heavy atom. The molecule has 0 atom stereocenters. The summed E-state index contributed by atoms with van der Waals surface area (Å²) >= 11 is 0. The SMILES string of the molecule is CCNC(=NCCCC(=O)N1Cc2ccccc2C1)NCCCCc1ccc(OC)cc1.I. The average Bonchev–Trinajstić information content (AvgIpc) is 3.26. The largest absolute Gasteiger partial charge is 0.497 e. The number of rotatable bonds is 11. The van der Waals surface area contributed by atoms with Crippen molar-refractivity contribution in [2.45, 2.75) is 52.1 Å². The molecular formula is C26H37IN4O2. The van der Waals surface area contributed by atoms with Gasteiger partial charge in [0.15, 0.2) is 5.96 Å². The van der Waals surface area contributed by atoms with Crippen LogP contribution in [0, 0.1) is 0 Å². The summed E-state index contributed by atoms with van der Waals surface area (Å²) in [6, 6.07) is 16.6. The van der Waals surface area contributed by atoms with Crippen molar-refractivity contribution in [1.82, 2.24) is 15.5 Å². The number of carbonyl (C=O) groups excluding carboxylic acids is 1. The maximum Gasteiger partial charge on any atom is 0.223 e. The molecule has 1 amide bonds. The molecule has 7 heteroatoms. The quantitative estimate of drug-likeness (QED) is 0.183. The first kappa shape index (κ1) is 27.0. The van der Waals surface area contributed by atoms with Crippen molar-refractivity contribution in [1.29, 1.82) is 0 Å². The molecular weight excluding hydrogens is 527 g/mol. The predicted octanol–water partition coefficient (Wildman–Crippen LogP) is 4.51. The van der Waals surface area contributed by atoms with Gasteiger partial charge < -0.3 is 20.3 Å². The van der Waals surface area contributed by atoms with Crippen LogP contribution in [0.3, 0.4) is 0 Å². The summed E-state index contributed by atoms with van der Waals surface area (Å²) < 4.78 is 5.20. The van der Waals surface area contributed by atoms with Crippen molar-refractivity contribution in [2.24, 2.45) is 4.99 Å². The number of hydrogen-bond donors (Lipinski definition) is 2. The number of hydrogen-bond acceptors (Lipinski definition) is 3. The lowest BCUT2D eigenvalue weighted by atomic mass is 10.1. The topological polar surface area (TPSA) is 66.0 Å². The minimum atomic E-state index is 0. The Labute approximate surface area is 215 Å². The summed E-state index contributed by atoms with van der Waals surface area (Å²) in [6.07, 6.45) is 4.55. The molecule has 3 rings (SSSR count). The van der Waals surface area contributed by atoms with E-state index in [-0.39, 0.29) is 29.9 Å². The number of aliphatic imine (C=N–C) groups is 1. The van der Waals surface area contributed by atoms with E-state index in [2.05, 4.69) is 46.8 Å². The van der Waals surface area contributed by atoms with Crippen molar-refractivity contribution in [3.63, 3.8) is 0 Å². The van der Waals surface area contributed by atoms with Crippen LogP contribution < -0.4 is 15.4 Å². The van der Waals surface area contributed by atoms with Crippen molar-refractivity contribution in [2.75, 3.05) is 26.7 Å². The van der Waals surface area contributed by atoms with Crippen LogP contribution in [-0.4, -0.2) is 43.5 Å². The molecule has 2 N–H and O–H groups in total. The van der Waals surface area contributed by atoms with Crippen LogP contribution in [0.1, 0.15) is 49.3 Å². The second kappa shape index (κ2) is 14.8. The number of aryl methyl sites for hydroxylation is 1. The second-order valence-corrected chi connectivity index (χ2v) is 8.11. The molecule has 0 radical (unpaired) electrons. The van der Waals surface area contributed by atoms with E-state index in [4.69, 9.17) is 4.74 Å². The highest BCUT2D eigenvalue weighted by Gasteiger charge is 2.22. The van der Waals surface area contributed by atoms with Gasteiger partial charge in [-0.3, -0.25) is 9.79 Å². The molecule has 1 heterocycles. The molecule has 0 saturated heterocycles. The zero-order valence-electron chi connectivity index (χ0n) is 19.8. The van der Waals surface area contributed by atoms with E-state index in [0.717, 1.165) is 63.6 Å². The molecule has 0 aliphatic carbocycles. The van der Waals surface area contributed by atoms with Crippen molar-refractivity contribution in [3.05, 3.63) is 65.2 Å². The number of carbonyl (C=O) groups is 1. The standard InChI is InChI=1S/C26H36N4O2.HI/c1-3-27-26(28-17-7-6-9-21-13-15-24(32-2)16-14-21)29-18-8-12-25(31)30-19-22-10-4-5-11-23(22)20-30;/h4-5,10-11,13-16H,3,6-9,12,17-20H2,1-2H3,(H2,27,28,29);1H. The third-order valence-corrected chi connectivity index (χ3v) is 5.70. The van der Waals surface area contributed by atoms with Gasteiger partial charge in [0, 0.05) is 39.1 Å². The van der Waals surface area contributed by atoms with Crippen LogP contribution in [-0.2, 0) is 24.3 Å². The third kappa shape index (κ3) is 8.87. The van der Waals surface area contributed by atoms with Crippen molar-refractivity contribution >= 4 is 35.8 Å². The molecule has 0 spiro atoms. The Morgan fingerprint density at radius 2 is 1.70 bits per heavy atom. The van der Waals surface area contributed by atoms with Crippen LogP contribution in [0.25, 0.3) is 0 Å². The number of halogens is 1. The number of ether oxygens (including phenoxy) is 1. The van der Waals surface area contributed by atoms with Gasteiger partial charge in [0.1, 0.15) is 5.75 Å². The van der Waals surface area contributed by atoms with E-state index < -0.39 is 0 Å². The fraction of sp³-hybridized carbons (Fsp3) is 0.462. The summed E-state index contributed by atoms with van der Waals surface area (Å²) in [5.74, 6) is 1.94. The van der Waals surface area contributed by atoms with Gasteiger partial charge in [0.05, 0.1) is 7.11 Å². The zero-order valence-corrected chi connectivity index (χ0v) is 22.1. The minimum absolute atomic E-state index is 0. The van der Waals surface area contributed by atoms with E-state index in [1.807, 2.05) is 29.2 Å². The maximum atomic E-state index is 12.5. The smallest absolute Gasteiger partial charge is 0.223 e. The lowest BCUT2D eigenvalue weighted by Crippen LogP contribution is -2.38. The second-order valence-electron chi connectivity index (χ2n) is 8.11. The van der Waals surface area contributed by atoms with E-state index in [1.165, 1.54) is 16.7 Å². The Kier molecular flexibility index (Phi) is 12.1. The lowest BCUT2D eigenvalue weighted by molar-refractivity contribution is -0.131. The van der Waals surface area contributed by atoms with Gasteiger partial charge in [-0.25, -0.2) is 0 Å². The van der Waals surface area contributed by atoms with Crippen LogP contribution in [0.4, 0.5) is 0 Å². The molecule has 2 aromatic carbocycles. The molecule has 0 aromatic heterocycles. The fourth-order valence-corrected chi connectivity index (χ4v) is 3.88. The number of unbranched alkanes of at least 4 members (excludes halogenated alkanes) is 1. The third-order valence-electron chi connectivity index (χ3n) is 5.70. The molecule has 2 aromatic rings. The van der Waals surface area contributed by atoms with Gasteiger partial charge in [-0.2, -0.15) is 0 Å². The molecule has 1 aliphatic heterocycles. The van der Waals surface area contributed by atoms with Crippen LogP contribution in [0.2, 0.25) is 0 Å². The summed E-state index contributed by atoms with van der Waals surface area (Å²) in [4.78, 5) is 19.1. The zero-order chi connectivity index (χ0) is 22.6. The minimum Gasteiger partial charge on any atom is -0.497 e. The Balaban J connectivity index is 0.00000385. The van der Waals surface area contributed by atoms with Crippen LogP contribution >= 0.6 is 24.0 Å². The fourth-order valence-electron chi connectivity index (χ4n) is 3.88. The summed E-state index contributed by atoms with van der Waals surface area (Å²) in [5.41, 5.74) is 3.87.